The lowest BCUT2D eigenvalue weighted by Crippen LogP contribution is -2.02. The van der Waals surface area contributed by atoms with Gasteiger partial charge < -0.3 is 5.32 Å². The molecule has 19 heavy (non-hydrogen) atoms. The Morgan fingerprint density at radius 3 is 2.58 bits per heavy atom. The molecule has 0 atom stereocenters. The number of nitrogens with zero attached hydrogens (tertiary/aromatic N) is 1. The van der Waals surface area contributed by atoms with Crippen LogP contribution in [0.25, 0.3) is 10.9 Å². The molecule has 102 valence electrons. The van der Waals surface area contributed by atoms with Gasteiger partial charge >= 0.3 is 0 Å². The van der Waals surface area contributed by atoms with Gasteiger partial charge in [0, 0.05) is 27.8 Å². The third-order valence-electron chi connectivity index (χ3n) is 3.38. The lowest BCUT2D eigenvalue weighted by atomic mass is 10.0. The van der Waals surface area contributed by atoms with Gasteiger partial charge in [-0.1, -0.05) is 29.3 Å². The second-order valence-electron chi connectivity index (χ2n) is 4.97. The molecule has 2 rings (SSSR count). The van der Waals surface area contributed by atoms with Crippen LogP contribution < -0.4 is 5.32 Å². The van der Waals surface area contributed by atoms with Crippen molar-refractivity contribution in [1.29, 1.82) is 0 Å². The van der Waals surface area contributed by atoms with Crippen molar-refractivity contribution in [2.75, 3.05) is 11.9 Å². The molecule has 0 spiro atoms. The quantitative estimate of drug-likeness (QED) is 0.857. The summed E-state index contributed by atoms with van der Waals surface area (Å²) >= 11 is 3.68. The smallest absolute Gasteiger partial charge is 0.0732 e. The number of benzene rings is 1. The number of aromatic nitrogens is 1. The standard InChI is InChI=1S/C16H21BrN2/c1-5-7-12-9-13(18-6-2)15-11(4)16(17)10(3)8-14(15)19-12/h8-9H,5-7H2,1-4H3,(H,18,19). The lowest BCUT2D eigenvalue weighted by Gasteiger charge is -2.15. The molecule has 1 heterocycles. The van der Waals surface area contributed by atoms with Crippen LogP contribution in [0, 0.1) is 13.8 Å². The number of halogens is 1. The summed E-state index contributed by atoms with van der Waals surface area (Å²) in [6, 6.07) is 4.37. The van der Waals surface area contributed by atoms with Crippen LogP contribution in [0.15, 0.2) is 16.6 Å². The van der Waals surface area contributed by atoms with Crippen molar-refractivity contribution >= 4 is 32.5 Å². The Morgan fingerprint density at radius 2 is 1.95 bits per heavy atom. The van der Waals surface area contributed by atoms with Crippen molar-refractivity contribution in [3.05, 3.63) is 33.4 Å². The maximum absolute atomic E-state index is 4.81. The Labute approximate surface area is 123 Å². The molecule has 0 unspecified atom stereocenters. The molecule has 1 N–H and O–H groups in total. The van der Waals surface area contributed by atoms with Gasteiger partial charge in [-0.25, -0.2) is 0 Å². The van der Waals surface area contributed by atoms with Gasteiger partial charge in [0.1, 0.15) is 0 Å². The molecule has 0 amide bonds. The van der Waals surface area contributed by atoms with Gasteiger partial charge in [-0.3, -0.25) is 4.98 Å². The van der Waals surface area contributed by atoms with E-state index in [0.717, 1.165) is 24.9 Å². The van der Waals surface area contributed by atoms with Crippen LogP contribution in [-0.4, -0.2) is 11.5 Å². The Balaban J connectivity index is 2.75. The lowest BCUT2D eigenvalue weighted by molar-refractivity contribution is 0.889. The molecule has 0 bridgehead atoms. The van der Waals surface area contributed by atoms with Crippen LogP contribution >= 0.6 is 15.9 Å². The maximum Gasteiger partial charge on any atom is 0.0732 e. The summed E-state index contributed by atoms with van der Waals surface area (Å²) in [4.78, 5) is 4.81. The Morgan fingerprint density at radius 1 is 1.21 bits per heavy atom. The van der Waals surface area contributed by atoms with E-state index in [0.29, 0.717) is 0 Å². The molecule has 2 aromatic rings. The van der Waals surface area contributed by atoms with E-state index in [2.05, 4.69) is 61.1 Å². The predicted octanol–water partition coefficient (Wildman–Crippen LogP) is 5.00. The van der Waals surface area contributed by atoms with Crippen molar-refractivity contribution in [3.8, 4) is 0 Å². The average molecular weight is 321 g/mol. The van der Waals surface area contributed by atoms with Crippen LogP contribution in [-0.2, 0) is 6.42 Å². The van der Waals surface area contributed by atoms with Crippen LogP contribution in [0.3, 0.4) is 0 Å². The van der Waals surface area contributed by atoms with E-state index >= 15 is 0 Å². The SMILES string of the molecule is CCCc1cc(NCC)c2c(C)c(Br)c(C)cc2n1. The zero-order valence-corrected chi connectivity index (χ0v) is 13.7. The van der Waals surface area contributed by atoms with Crippen molar-refractivity contribution in [2.45, 2.75) is 40.5 Å². The number of anilines is 1. The first-order valence-corrected chi connectivity index (χ1v) is 7.71. The molecule has 0 saturated heterocycles. The maximum atomic E-state index is 4.81. The number of hydrogen-bond acceptors (Lipinski definition) is 2. The molecule has 0 saturated carbocycles. The Kier molecular flexibility index (Phi) is 4.46. The predicted molar refractivity (Wildman–Crippen MR) is 87.1 cm³/mol. The van der Waals surface area contributed by atoms with Gasteiger partial charge in [-0.2, -0.15) is 0 Å². The Hall–Kier alpha value is -1.09. The number of aryl methyl sites for hydroxylation is 3. The van der Waals surface area contributed by atoms with Crippen molar-refractivity contribution < 1.29 is 0 Å². The first-order valence-electron chi connectivity index (χ1n) is 6.91. The topological polar surface area (TPSA) is 24.9 Å². The molecule has 0 aliphatic carbocycles. The summed E-state index contributed by atoms with van der Waals surface area (Å²) in [5, 5.41) is 4.71. The third kappa shape index (κ3) is 2.76. The molecule has 1 aromatic heterocycles. The molecule has 2 nitrogen and oxygen atoms in total. The fraction of sp³-hybridized carbons (Fsp3) is 0.438. The normalized spacial score (nSPS) is 11.0. The molecule has 0 radical (unpaired) electrons. The van der Waals surface area contributed by atoms with E-state index in [9.17, 15) is 0 Å². The zero-order valence-electron chi connectivity index (χ0n) is 12.1. The van der Waals surface area contributed by atoms with Crippen molar-refractivity contribution in [1.82, 2.24) is 4.98 Å². The van der Waals surface area contributed by atoms with Crippen LogP contribution in [0.4, 0.5) is 5.69 Å². The minimum atomic E-state index is 0.926. The fourth-order valence-electron chi connectivity index (χ4n) is 2.51. The third-order valence-corrected chi connectivity index (χ3v) is 4.60. The molecule has 1 aromatic carbocycles. The average Bonchev–Trinajstić information content (AvgIpc) is 2.36. The van der Waals surface area contributed by atoms with Crippen LogP contribution in [0.1, 0.15) is 37.1 Å². The second-order valence-corrected chi connectivity index (χ2v) is 5.76. The van der Waals surface area contributed by atoms with Gasteiger partial charge in [0.25, 0.3) is 0 Å². The first-order chi connectivity index (χ1) is 9.08. The monoisotopic (exact) mass is 320 g/mol. The number of pyridine rings is 1. The summed E-state index contributed by atoms with van der Waals surface area (Å²) < 4.78 is 1.18. The Bertz CT molecular complexity index is 605. The molecular weight excluding hydrogens is 300 g/mol. The molecule has 3 heteroatoms. The summed E-state index contributed by atoms with van der Waals surface area (Å²) in [6.45, 7) is 9.52. The number of hydrogen-bond donors (Lipinski definition) is 1. The van der Waals surface area contributed by atoms with Crippen molar-refractivity contribution in [3.63, 3.8) is 0 Å². The van der Waals surface area contributed by atoms with E-state index < -0.39 is 0 Å². The summed E-state index contributed by atoms with van der Waals surface area (Å²) in [7, 11) is 0. The molecule has 0 aliphatic rings. The highest BCUT2D eigenvalue weighted by Crippen LogP contribution is 2.33. The van der Waals surface area contributed by atoms with E-state index in [1.165, 1.54) is 32.4 Å². The minimum Gasteiger partial charge on any atom is -0.385 e. The highest BCUT2D eigenvalue weighted by Gasteiger charge is 2.12. The van der Waals surface area contributed by atoms with Gasteiger partial charge in [0.2, 0.25) is 0 Å². The number of nitrogens with one attached hydrogen (secondary N) is 1. The van der Waals surface area contributed by atoms with E-state index in [1.54, 1.807) is 0 Å². The second kappa shape index (κ2) is 5.91. The van der Waals surface area contributed by atoms with E-state index in [1.807, 2.05) is 0 Å². The van der Waals surface area contributed by atoms with Gasteiger partial charge in [0.15, 0.2) is 0 Å². The minimum absolute atomic E-state index is 0.926. The number of rotatable bonds is 4. The largest absolute Gasteiger partial charge is 0.385 e. The van der Waals surface area contributed by atoms with Gasteiger partial charge in [0.05, 0.1) is 5.52 Å². The highest BCUT2D eigenvalue weighted by atomic mass is 79.9. The summed E-state index contributed by atoms with van der Waals surface area (Å²) in [5.74, 6) is 0. The van der Waals surface area contributed by atoms with E-state index in [-0.39, 0.29) is 0 Å². The van der Waals surface area contributed by atoms with Gasteiger partial charge in [-0.05, 0) is 50.5 Å². The zero-order chi connectivity index (χ0) is 14.0. The van der Waals surface area contributed by atoms with Crippen LogP contribution in [0.2, 0.25) is 0 Å². The summed E-state index contributed by atoms with van der Waals surface area (Å²) in [6.07, 6.45) is 2.15. The molecule has 0 aliphatic heterocycles. The first kappa shape index (κ1) is 14.3. The van der Waals surface area contributed by atoms with E-state index in [4.69, 9.17) is 4.98 Å². The van der Waals surface area contributed by atoms with Gasteiger partial charge in [-0.15, -0.1) is 0 Å². The summed E-state index contributed by atoms with van der Waals surface area (Å²) in [5.41, 5.74) is 5.98. The highest BCUT2D eigenvalue weighted by molar-refractivity contribution is 9.10. The number of fused-ring (bicyclic) bond motifs is 1. The van der Waals surface area contributed by atoms with Crippen LogP contribution in [0.5, 0.6) is 0 Å². The molecule has 0 fully saturated rings. The fourth-order valence-corrected chi connectivity index (χ4v) is 2.82. The molecular formula is C16H21BrN2. The van der Waals surface area contributed by atoms with Crippen molar-refractivity contribution in [2.24, 2.45) is 0 Å².